The summed E-state index contributed by atoms with van der Waals surface area (Å²) in [7, 11) is 0. The fourth-order valence-electron chi connectivity index (χ4n) is 1.16. The summed E-state index contributed by atoms with van der Waals surface area (Å²) >= 11 is 0. The molecule has 4 nitrogen and oxygen atoms in total. The lowest BCUT2D eigenvalue weighted by Gasteiger charge is -2.18. The zero-order valence-electron chi connectivity index (χ0n) is 7.87. The number of carbonyl (C=O) groups is 1. The number of carbonyl (C=O) groups excluding carboxylic acids is 1. The molecule has 0 aromatic carbocycles. The smallest absolute Gasteiger partial charge is 0.240 e. The molecular weight excluding hydrogens is 166 g/mol. The number of rotatable bonds is 4. The van der Waals surface area contributed by atoms with E-state index in [1.807, 2.05) is 19.9 Å². The van der Waals surface area contributed by atoms with E-state index in [0.717, 1.165) is 5.69 Å². The van der Waals surface area contributed by atoms with Gasteiger partial charge in [-0.3, -0.25) is 4.79 Å². The van der Waals surface area contributed by atoms with E-state index in [9.17, 15) is 4.79 Å². The van der Waals surface area contributed by atoms with Gasteiger partial charge in [-0.15, -0.1) is 0 Å². The van der Waals surface area contributed by atoms with Crippen molar-refractivity contribution in [1.82, 2.24) is 4.98 Å². The first kappa shape index (κ1) is 9.64. The van der Waals surface area contributed by atoms with Crippen molar-refractivity contribution in [3.8, 4) is 0 Å². The summed E-state index contributed by atoms with van der Waals surface area (Å²) in [6, 6.07) is 1.55. The Balaban J connectivity index is 2.63. The van der Waals surface area contributed by atoms with Gasteiger partial charge in [0, 0.05) is 12.4 Å². The second-order valence-corrected chi connectivity index (χ2v) is 3.37. The van der Waals surface area contributed by atoms with Gasteiger partial charge in [0.25, 0.3) is 0 Å². The summed E-state index contributed by atoms with van der Waals surface area (Å²) in [5.74, 6) is -0.136. The van der Waals surface area contributed by atoms with E-state index in [-0.39, 0.29) is 17.9 Å². The molecule has 1 heterocycles. The van der Waals surface area contributed by atoms with Gasteiger partial charge in [-0.05, 0) is 12.0 Å². The highest BCUT2D eigenvalue weighted by molar-refractivity contribution is 5.83. The predicted octanol–water partition coefficient (Wildman–Crippen LogP) is 0.936. The molecule has 1 aromatic rings. The molecule has 0 radical (unpaired) electrons. The SMILES string of the molecule is CC(C)C(Nc1cc[nH]c1)C(N)=O. The lowest BCUT2D eigenvalue weighted by molar-refractivity contribution is -0.119. The van der Waals surface area contributed by atoms with E-state index < -0.39 is 0 Å². The zero-order valence-corrected chi connectivity index (χ0v) is 7.87. The van der Waals surface area contributed by atoms with Gasteiger partial charge in [0.15, 0.2) is 0 Å². The molecule has 4 N–H and O–H groups in total. The number of H-pyrrole nitrogens is 1. The Morgan fingerprint density at radius 1 is 1.62 bits per heavy atom. The molecule has 72 valence electrons. The normalized spacial score (nSPS) is 12.8. The van der Waals surface area contributed by atoms with Crippen LogP contribution in [-0.2, 0) is 4.79 Å². The highest BCUT2D eigenvalue weighted by Crippen LogP contribution is 2.10. The van der Waals surface area contributed by atoms with Crippen molar-refractivity contribution in [1.29, 1.82) is 0 Å². The van der Waals surface area contributed by atoms with Crippen LogP contribution in [0.4, 0.5) is 5.69 Å². The third kappa shape index (κ3) is 2.50. The van der Waals surface area contributed by atoms with Crippen LogP contribution in [0.25, 0.3) is 0 Å². The first-order valence-electron chi connectivity index (χ1n) is 4.30. The Bertz CT molecular complexity index is 266. The number of hydrogen-bond donors (Lipinski definition) is 3. The maximum atomic E-state index is 11.0. The minimum atomic E-state index is -0.323. The maximum Gasteiger partial charge on any atom is 0.240 e. The van der Waals surface area contributed by atoms with Crippen molar-refractivity contribution < 1.29 is 4.79 Å². The third-order valence-electron chi connectivity index (χ3n) is 1.89. The van der Waals surface area contributed by atoms with Gasteiger partial charge < -0.3 is 16.0 Å². The number of primary amides is 1. The molecular formula is C9H15N3O. The summed E-state index contributed by atoms with van der Waals surface area (Å²) in [6.07, 6.45) is 3.58. The molecule has 13 heavy (non-hydrogen) atoms. The molecule has 0 aliphatic rings. The summed E-state index contributed by atoms with van der Waals surface area (Å²) in [4.78, 5) is 13.9. The molecule has 0 fully saturated rings. The molecule has 1 unspecified atom stereocenters. The highest BCUT2D eigenvalue weighted by atomic mass is 16.1. The van der Waals surface area contributed by atoms with E-state index in [4.69, 9.17) is 5.73 Å². The van der Waals surface area contributed by atoms with Crippen molar-refractivity contribution in [3.63, 3.8) is 0 Å². The van der Waals surface area contributed by atoms with Gasteiger partial charge in [0.2, 0.25) is 5.91 Å². The fraction of sp³-hybridized carbons (Fsp3) is 0.444. The Hall–Kier alpha value is -1.45. The monoisotopic (exact) mass is 181 g/mol. The molecule has 0 aliphatic carbocycles. The molecule has 0 spiro atoms. The summed E-state index contributed by atoms with van der Waals surface area (Å²) in [6.45, 7) is 3.91. The van der Waals surface area contributed by atoms with Crippen molar-refractivity contribution in [2.24, 2.45) is 11.7 Å². The first-order valence-corrected chi connectivity index (χ1v) is 4.30. The van der Waals surface area contributed by atoms with Crippen LogP contribution in [0.1, 0.15) is 13.8 Å². The van der Waals surface area contributed by atoms with Gasteiger partial charge in [-0.25, -0.2) is 0 Å². The van der Waals surface area contributed by atoms with Gasteiger partial charge in [-0.1, -0.05) is 13.8 Å². The van der Waals surface area contributed by atoms with Crippen LogP contribution in [0, 0.1) is 5.92 Å². The van der Waals surface area contributed by atoms with Crippen LogP contribution < -0.4 is 11.1 Å². The largest absolute Gasteiger partial charge is 0.372 e. The van der Waals surface area contributed by atoms with E-state index in [2.05, 4.69) is 10.3 Å². The highest BCUT2D eigenvalue weighted by Gasteiger charge is 2.18. The minimum absolute atomic E-state index is 0.187. The molecule has 1 atom stereocenters. The van der Waals surface area contributed by atoms with Crippen molar-refractivity contribution >= 4 is 11.6 Å². The van der Waals surface area contributed by atoms with Crippen molar-refractivity contribution in [3.05, 3.63) is 18.5 Å². The second kappa shape index (κ2) is 3.98. The van der Waals surface area contributed by atoms with E-state index in [0.29, 0.717) is 0 Å². The van der Waals surface area contributed by atoms with E-state index >= 15 is 0 Å². The van der Waals surface area contributed by atoms with Crippen LogP contribution in [0.2, 0.25) is 0 Å². The Kier molecular flexibility index (Phi) is 2.95. The average Bonchev–Trinajstić information content (AvgIpc) is 2.50. The molecule has 0 saturated carbocycles. The van der Waals surface area contributed by atoms with Crippen LogP contribution in [0.3, 0.4) is 0 Å². The number of amides is 1. The van der Waals surface area contributed by atoms with Crippen molar-refractivity contribution in [2.45, 2.75) is 19.9 Å². The predicted molar refractivity (Wildman–Crippen MR) is 52.2 cm³/mol. The van der Waals surface area contributed by atoms with Gasteiger partial charge in [-0.2, -0.15) is 0 Å². The minimum Gasteiger partial charge on any atom is -0.372 e. The second-order valence-electron chi connectivity index (χ2n) is 3.37. The van der Waals surface area contributed by atoms with Crippen LogP contribution in [0.15, 0.2) is 18.5 Å². The lowest BCUT2D eigenvalue weighted by atomic mass is 10.0. The Labute approximate surface area is 77.5 Å². The molecule has 1 aromatic heterocycles. The standard InChI is InChI=1S/C9H15N3O/c1-6(2)8(9(10)13)12-7-3-4-11-5-7/h3-6,8,11-12H,1-2H3,(H2,10,13). The molecule has 0 saturated heterocycles. The molecule has 1 rings (SSSR count). The average molecular weight is 181 g/mol. The Morgan fingerprint density at radius 2 is 2.31 bits per heavy atom. The van der Waals surface area contributed by atoms with Crippen LogP contribution >= 0.6 is 0 Å². The lowest BCUT2D eigenvalue weighted by Crippen LogP contribution is -2.39. The number of nitrogens with one attached hydrogen (secondary N) is 2. The number of aromatic nitrogens is 1. The number of aromatic amines is 1. The first-order chi connectivity index (χ1) is 6.11. The van der Waals surface area contributed by atoms with Gasteiger partial charge >= 0.3 is 0 Å². The molecule has 0 bridgehead atoms. The van der Waals surface area contributed by atoms with E-state index in [1.165, 1.54) is 0 Å². The summed E-state index contributed by atoms with van der Waals surface area (Å²) in [5, 5.41) is 3.05. The summed E-state index contributed by atoms with van der Waals surface area (Å²) in [5.41, 5.74) is 6.13. The van der Waals surface area contributed by atoms with Crippen molar-refractivity contribution in [2.75, 3.05) is 5.32 Å². The summed E-state index contributed by atoms with van der Waals surface area (Å²) < 4.78 is 0. The third-order valence-corrected chi connectivity index (χ3v) is 1.89. The van der Waals surface area contributed by atoms with Gasteiger partial charge in [0.05, 0.1) is 5.69 Å². The number of anilines is 1. The number of hydrogen-bond acceptors (Lipinski definition) is 2. The van der Waals surface area contributed by atoms with Gasteiger partial charge in [0.1, 0.15) is 6.04 Å². The maximum absolute atomic E-state index is 11.0. The quantitative estimate of drug-likeness (QED) is 0.646. The van der Waals surface area contributed by atoms with E-state index in [1.54, 1.807) is 12.4 Å². The van der Waals surface area contributed by atoms with Crippen LogP contribution in [-0.4, -0.2) is 16.9 Å². The Morgan fingerprint density at radius 3 is 2.69 bits per heavy atom. The molecule has 0 aliphatic heterocycles. The topological polar surface area (TPSA) is 70.9 Å². The zero-order chi connectivity index (χ0) is 9.84. The van der Waals surface area contributed by atoms with Crippen LogP contribution in [0.5, 0.6) is 0 Å². The number of nitrogens with two attached hydrogens (primary N) is 1. The molecule has 4 heteroatoms. The molecule has 1 amide bonds. The fourth-order valence-corrected chi connectivity index (χ4v) is 1.16.